The number of nitrogens with zero attached hydrogens (tertiary/aromatic N) is 4. The highest BCUT2D eigenvalue weighted by Gasteiger charge is 2.24. The second kappa shape index (κ2) is 15.5. The highest BCUT2D eigenvalue weighted by Crippen LogP contribution is 2.12. The van der Waals surface area contributed by atoms with Gasteiger partial charge in [-0.15, -0.1) is 0 Å². The Morgan fingerprint density at radius 2 is 1.20 bits per heavy atom. The van der Waals surface area contributed by atoms with Crippen LogP contribution in [0.15, 0.2) is 36.7 Å². The van der Waals surface area contributed by atoms with Crippen molar-refractivity contribution in [1.29, 1.82) is 10.5 Å². The predicted molar refractivity (Wildman–Crippen MR) is 207 cm³/mol. The van der Waals surface area contributed by atoms with Gasteiger partial charge in [0.15, 0.2) is 0 Å². The number of rotatable bonds is 1. The molecule has 0 saturated carbocycles. The monoisotopic (exact) mass is 729 g/mol. The molecule has 40 heavy (non-hydrogen) atoms. The van der Waals surface area contributed by atoms with E-state index in [0.29, 0.717) is 22.8 Å². The number of hydrogen-bond acceptors (Lipinski definition) is 12. The van der Waals surface area contributed by atoms with Crippen LogP contribution < -0.4 is 11.1 Å². The van der Waals surface area contributed by atoms with Crippen LogP contribution in [-0.4, -0.2) is 45.2 Å². The van der Waals surface area contributed by atoms with Crippen molar-refractivity contribution in [3.05, 3.63) is 48.0 Å². The minimum absolute atomic E-state index is 0. The molecule has 0 aliphatic rings. The van der Waals surface area contributed by atoms with Gasteiger partial charge >= 0.3 is 18.4 Å². The van der Waals surface area contributed by atoms with Gasteiger partial charge in [-0.2, -0.15) is 10.5 Å². The molecule has 274 valence electrons. The quantitative estimate of drug-likeness (QED) is 0.160. The summed E-state index contributed by atoms with van der Waals surface area (Å²) < 4.78 is 299. The molecule has 2 rings (SSSR count). The van der Waals surface area contributed by atoms with Gasteiger partial charge < -0.3 is 24.7 Å². The molecular formula is C27H94N6O7. The van der Waals surface area contributed by atoms with E-state index < -0.39 is 35.2 Å². The Kier molecular flexibility index (Phi) is 4.10. The van der Waals surface area contributed by atoms with E-state index in [2.05, 4.69) is 20.0 Å². The minimum Gasteiger partial charge on any atom is -0.444 e. The van der Waals surface area contributed by atoms with Crippen molar-refractivity contribution in [1.82, 2.24) is 9.97 Å². The fourth-order valence-corrected chi connectivity index (χ4v) is 2.04. The van der Waals surface area contributed by atoms with E-state index in [-0.39, 0.29) is 1.43 Å². The third-order valence-electron chi connectivity index (χ3n) is 3.37. The van der Waals surface area contributed by atoms with Crippen molar-refractivity contribution in [3.8, 4) is 12.1 Å². The molecule has 3 N–H and O–H groups in total. The van der Waals surface area contributed by atoms with Crippen molar-refractivity contribution >= 4 is 29.8 Å². The summed E-state index contributed by atoms with van der Waals surface area (Å²) in [6, 6.07) is 10.1. The molecule has 0 bridgehead atoms. The van der Waals surface area contributed by atoms with Crippen molar-refractivity contribution in [3.63, 3.8) is 0 Å². The van der Waals surface area contributed by atoms with Gasteiger partial charge in [-0.3, -0.25) is 5.32 Å². The third kappa shape index (κ3) is 19.2. The number of pyridine rings is 2. The smallest absolute Gasteiger partial charge is 0.444 e. The molecule has 0 aliphatic carbocycles. The molecule has 1 amide bonds. The zero-order chi connectivity index (χ0) is 87.1. The molecular weight excluding hydrogens is 520 g/mol. The summed E-state index contributed by atoms with van der Waals surface area (Å²) in [5, 5.41) is 19.3. The Labute approximate surface area is 322 Å². The second-order valence-corrected chi connectivity index (χ2v) is 10.8. The summed E-state index contributed by atoms with van der Waals surface area (Å²) in [6.07, 6.45) is 0.202. The SMILES string of the molecule is CC(C)(C)OC(=O)Nc1ccc(C#N)nc1.CC(C)(C)OC(=O)OC(=O)OC(C)(C)C.N#Cc1ccc(N)cn1.[3HH].[3H][3H].[3H][3H].[3H][3H].[3H][3H].[3H][3H].[3H][3H].[3H][3H].[3H][3H].[3H][3H].[3H][3H].[3H][3H].[3H][3H].[3H][3H].[3H][3H].[3H][3H].[3H][3H].[3H][3H].[3H][3H].[3H][3H].[3H][3H].[3H][3H].[3H][3H].[3H][3H].[3H][3H].[3H][3H].[3H][3H].[3H][3H].[3H][3H]. The van der Waals surface area contributed by atoms with Crippen LogP contribution >= 0.6 is 0 Å². The largest absolute Gasteiger partial charge is 0.519 e. The van der Waals surface area contributed by atoms with Crippen LogP contribution in [0.25, 0.3) is 0 Å². The molecule has 13 heteroatoms. The lowest BCUT2D eigenvalue weighted by Crippen LogP contribution is -2.29. The molecule has 0 radical (unpaired) electrons. The Morgan fingerprint density at radius 3 is 1.52 bits per heavy atom. The van der Waals surface area contributed by atoms with Gasteiger partial charge in [-0.25, -0.2) is 24.4 Å². The fourth-order valence-electron chi connectivity index (χ4n) is 2.04. The highest BCUT2D eigenvalue weighted by molar-refractivity contribution is 5.84. The first-order chi connectivity index (χ1) is 46.2. The van der Waals surface area contributed by atoms with Crippen LogP contribution in [0, 0.1) is 22.7 Å². The zero-order valence-corrected chi connectivity index (χ0v) is 24.2. The number of nitrogen functional groups attached to an aromatic ring is 1. The Morgan fingerprint density at radius 1 is 0.775 bits per heavy atom. The van der Waals surface area contributed by atoms with Gasteiger partial charge in [0, 0.05) is 84.6 Å². The van der Waals surface area contributed by atoms with Gasteiger partial charge in [0.2, 0.25) is 0 Å². The van der Waals surface area contributed by atoms with E-state index in [1.54, 1.807) is 80.5 Å². The maximum atomic E-state index is 11.4. The molecule has 2 heterocycles. The summed E-state index contributed by atoms with van der Waals surface area (Å²) in [5.41, 5.74) is 5.15. The third-order valence-corrected chi connectivity index (χ3v) is 3.37. The number of carbonyl (C=O) groups is 3. The first-order valence-electron chi connectivity index (χ1n) is 39.8. The van der Waals surface area contributed by atoms with Crippen molar-refractivity contribution in [2.24, 2.45) is 0 Å². The molecule has 2 aromatic heterocycles. The van der Waals surface area contributed by atoms with Crippen LogP contribution in [-0.2, 0) is 18.9 Å². The zero-order valence-electron chi connectivity index (χ0n) is 80.2. The standard InChI is InChI=1S/C11H13N3O2.C10H18O5.C6H5N3.29H2/c1-11(2,3)16-10(15)14-9-5-4-8(6-12)13-7-9;1-9(2,3)14-7(11)13-8(12)15-10(4,5)6;7-3-6-2-1-5(8)4-9-6;;;;;;;;;;;;;;;;;;;;;;;;;;;;;/h4-5,7H,1-3H3,(H,14,15);1-6H3;1-2,4H,8H2;29*1H/i;;;28*1+2T;1+2. The van der Waals surface area contributed by atoms with Gasteiger partial charge in [-0.1, -0.05) is 0 Å². The summed E-state index contributed by atoms with van der Waals surface area (Å²) in [7, 11) is 0. The Hall–Kier alpha value is -4.91. The normalized spacial score (nSPS) is 16.1. The Bertz CT molecular complexity index is 1260. The van der Waals surface area contributed by atoms with E-state index in [1.807, 2.05) is 12.1 Å². The number of hydrogen-bond donors (Lipinski definition) is 2. The lowest BCUT2D eigenvalue weighted by Gasteiger charge is -2.20. The lowest BCUT2D eigenvalue weighted by atomic mass is 10.2. The molecule has 0 aliphatic heterocycles. The van der Waals surface area contributed by atoms with Crippen LogP contribution in [0.2, 0.25) is 0 Å². The number of aromatic nitrogens is 2. The molecule has 0 aromatic carbocycles. The minimum atomic E-state index is -1.06. The topological polar surface area (TPSA) is 200 Å². The summed E-state index contributed by atoms with van der Waals surface area (Å²) in [6.45, 7) is 15.4. The Balaban J connectivity index is -0.0000000183. The fraction of sp³-hybridized carbons (Fsp3) is 0.444. The second-order valence-electron chi connectivity index (χ2n) is 10.8. The number of carbonyl (C=O) groups excluding carboxylic acids is 3. The number of nitrogens with two attached hydrogens (primary N) is 1. The van der Waals surface area contributed by atoms with Crippen molar-refractivity contribution in [2.45, 2.75) is 79.1 Å². The summed E-state index contributed by atoms with van der Waals surface area (Å²) in [4.78, 5) is 40.9. The number of ether oxygens (including phenoxy) is 4. The summed E-state index contributed by atoms with van der Waals surface area (Å²) in [5.74, 6) is 0. The number of anilines is 2. The van der Waals surface area contributed by atoms with Gasteiger partial charge in [0.25, 0.3) is 0 Å². The molecule has 0 spiro atoms. The average molecular weight is 730 g/mol. The molecule has 13 nitrogen and oxygen atoms in total. The van der Waals surface area contributed by atoms with Crippen molar-refractivity contribution in [2.75, 3.05) is 11.1 Å². The van der Waals surface area contributed by atoms with Crippen molar-refractivity contribution < 1.29 is 118 Å². The van der Waals surface area contributed by atoms with E-state index in [0.717, 1.165) is 0 Å². The summed E-state index contributed by atoms with van der Waals surface area (Å²) >= 11 is 0. The lowest BCUT2D eigenvalue weighted by molar-refractivity contribution is -0.0294. The number of amides is 1. The van der Waals surface area contributed by atoms with Crippen LogP contribution in [0.4, 0.5) is 25.8 Å². The van der Waals surface area contributed by atoms with E-state index in [9.17, 15) is 14.4 Å². The van der Waals surface area contributed by atoms with E-state index >= 15 is 0 Å². The molecule has 2 aromatic rings. The van der Waals surface area contributed by atoms with Gasteiger partial charge in [-0.05, 0) is 86.6 Å². The maximum Gasteiger partial charge on any atom is 0.519 e. The van der Waals surface area contributed by atoms with E-state index in [4.69, 9.17) is 114 Å². The molecule has 0 atom stereocenters. The highest BCUT2D eigenvalue weighted by atomic mass is 16.8. The first-order valence-corrected chi connectivity index (χ1v) is 11.8. The average Bonchev–Trinajstić information content (AvgIpc) is 3.73. The van der Waals surface area contributed by atoms with Crippen LogP contribution in [0.5, 0.6) is 0 Å². The van der Waals surface area contributed by atoms with Gasteiger partial charge in [0.1, 0.15) is 40.3 Å². The van der Waals surface area contributed by atoms with Crippen LogP contribution in [0.3, 0.4) is 0 Å². The molecule has 0 unspecified atom stereocenters. The first kappa shape index (κ1) is 10.6. The van der Waals surface area contributed by atoms with Gasteiger partial charge in [0.05, 0.1) is 23.8 Å². The maximum absolute atomic E-state index is 11.4. The number of nitriles is 2. The van der Waals surface area contributed by atoms with E-state index in [1.165, 1.54) is 18.5 Å². The number of nitrogens with one attached hydrogen (secondary N) is 1. The molecule has 0 fully saturated rings. The molecule has 0 saturated heterocycles. The van der Waals surface area contributed by atoms with Crippen LogP contribution in [0.1, 0.15) is 158 Å². The predicted octanol–water partition coefficient (Wildman–Crippen LogP) is 12.8.